The summed E-state index contributed by atoms with van der Waals surface area (Å²) in [6, 6.07) is 8.20. The molecule has 96 valence electrons. The molecule has 1 rings (SSSR count). The van der Waals surface area contributed by atoms with E-state index in [1.54, 1.807) is 0 Å². The van der Waals surface area contributed by atoms with E-state index in [0.29, 0.717) is 24.4 Å². The molecule has 0 heterocycles. The fraction of sp³-hybridized carbons (Fsp3) is 0.538. The molecule has 0 aliphatic carbocycles. The molecule has 2 nitrogen and oxygen atoms in total. The van der Waals surface area contributed by atoms with Gasteiger partial charge in [-0.25, -0.2) is 0 Å². The molecule has 0 aliphatic rings. The van der Waals surface area contributed by atoms with Gasteiger partial charge in [0.15, 0.2) is 0 Å². The van der Waals surface area contributed by atoms with Crippen molar-refractivity contribution in [1.29, 1.82) is 0 Å². The zero-order valence-corrected chi connectivity index (χ0v) is 12.6. The van der Waals surface area contributed by atoms with Crippen molar-refractivity contribution < 1.29 is 4.74 Å². The van der Waals surface area contributed by atoms with Crippen molar-refractivity contribution in [2.45, 2.75) is 19.9 Å². The molecule has 0 aromatic heterocycles. The van der Waals surface area contributed by atoms with Gasteiger partial charge in [0.2, 0.25) is 0 Å². The highest BCUT2D eigenvalue weighted by Crippen LogP contribution is 2.17. The smallest absolute Gasteiger partial charge is 0.120 e. The highest BCUT2D eigenvalue weighted by Gasteiger charge is 2.10. The van der Waals surface area contributed by atoms with Gasteiger partial charge < -0.3 is 10.1 Å². The van der Waals surface area contributed by atoms with Gasteiger partial charge in [0, 0.05) is 22.9 Å². The summed E-state index contributed by atoms with van der Waals surface area (Å²) in [5.41, 5.74) is 0. The van der Waals surface area contributed by atoms with Crippen molar-refractivity contribution in [3.63, 3.8) is 0 Å². The monoisotopic (exact) mass is 319 g/mol. The maximum atomic E-state index is 5.87. The van der Waals surface area contributed by atoms with E-state index in [1.807, 2.05) is 24.3 Å². The Morgan fingerprint density at radius 2 is 2.18 bits per heavy atom. The second kappa shape index (κ2) is 7.96. The second-order valence-corrected chi connectivity index (χ2v) is 5.49. The number of ether oxygens (including phenoxy) is 1. The van der Waals surface area contributed by atoms with E-state index in [4.69, 9.17) is 16.3 Å². The number of hydrogen-bond donors (Lipinski definition) is 1. The minimum absolute atomic E-state index is 0.350. The van der Waals surface area contributed by atoms with Crippen molar-refractivity contribution >= 4 is 27.5 Å². The van der Waals surface area contributed by atoms with Gasteiger partial charge in [0.1, 0.15) is 12.4 Å². The van der Waals surface area contributed by atoms with Gasteiger partial charge in [0.05, 0.1) is 0 Å². The molecular formula is C13H19BrClNO. The molecule has 0 saturated heterocycles. The third kappa shape index (κ3) is 5.75. The maximum Gasteiger partial charge on any atom is 0.120 e. The fourth-order valence-electron chi connectivity index (χ4n) is 1.44. The van der Waals surface area contributed by atoms with E-state index in [-0.39, 0.29) is 0 Å². The Kier molecular flexibility index (Phi) is 6.93. The zero-order valence-electron chi connectivity index (χ0n) is 10.2. The summed E-state index contributed by atoms with van der Waals surface area (Å²) in [5.74, 6) is 2.06. The lowest BCUT2D eigenvalue weighted by Crippen LogP contribution is -2.37. The van der Waals surface area contributed by atoms with Crippen molar-refractivity contribution in [1.82, 2.24) is 5.32 Å². The summed E-state index contributed by atoms with van der Waals surface area (Å²) in [5, 5.41) is 3.39. The summed E-state index contributed by atoms with van der Waals surface area (Å²) in [7, 11) is 0. The molecule has 0 fully saturated rings. The van der Waals surface area contributed by atoms with E-state index in [9.17, 15) is 0 Å². The number of hydrogen-bond acceptors (Lipinski definition) is 2. The van der Waals surface area contributed by atoms with E-state index in [0.717, 1.165) is 16.8 Å². The van der Waals surface area contributed by atoms with Gasteiger partial charge >= 0.3 is 0 Å². The van der Waals surface area contributed by atoms with E-state index < -0.39 is 0 Å². The van der Waals surface area contributed by atoms with Gasteiger partial charge in [-0.3, -0.25) is 0 Å². The molecule has 0 bridgehead atoms. The molecule has 1 unspecified atom stereocenters. The molecule has 1 N–H and O–H groups in total. The maximum absolute atomic E-state index is 5.87. The predicted molar refractivity (Wildman–Crippen MR) is 77.0 cm³/mol. The predicted octanol–water partition coefficient (Wildman–Crippen LogP) is 3.68. The highest BCUT2D eigenvalue weighted by atomic mass is 79.9. The Morgan fingerprint density at radius 3 is 2.76 bits per heavy atom. The van der Waals surface area contributed by atoms with Crippen LogP contribution in [0.3, 0.4) is 0 Å². The lowest BCUT2D eigenvalue weighted by molar-refractivity contribution is 0.297. The Bertz CT molecular complexity index is 333. The first-order valence-electron chi connectivity index (χ1n) is 5.81. The Morgan fingerprint density at radius 1 is 1.41 bits per heavy atom. The molecule has 1 aromatic rings. The van der Waals surface area contributed by atoms with Crippen LogP contribution < -0.4 is 10.1 Å². The van der Waals surface area contributed by atoms with Crippen LogP contribution in [0.1, 0.15) is 13.8 Å². The summed E-state index contributed by atoms with van der Waals surface area (Å²) < 4.78 is 6.66. The van der Waals surface area contributed by atoms with Crippen LogP contribution in [-0.4, -0.2) is 25.1 Å². The number of alkyl halides is 1. The van der Waals surface area contributed by atoms with Gasteiger partial charge in [-0.15, -0.1) is 11.6 Å². The first kappa shape index (κ1) is 14.8. The minimum Gasteiger partial charge on any atom is -0.492 e. The van der Waals surface area contributed by atoms with Crippen LogP contribution in [0.25, 0.3) is 0 Å². The van der Waals surface area contributed by atoms with E-state index in [1.165, 1.54) is 0 Å². The number of halogens is 2. The van der Waals surface area contributed by atoms with Crippen LogP contribution in [0.2, 0.25) is 0 Å². The average Bonchev–Trinajstić information content (AvgIpc) is 2.28. The Hall–Kier alpha value is -0.250. The van der Waals surface area contributed by atoms with E-state index >= 15 is 0 Å². The standard InChI is InChI=1S/C13H19BrClNO/c1-10(2)13(9-15)16-6-7-17-12-5-3-4-11(14)8-12/h3-5,8,10,13,16H,6-7,9H2,1-2H3. The molecule has 1 aromatic carbocycles. The average molecular weight is 321 g/mol. The summed E-state index contributed by atoms with van der Waals surface area (Å²) in [4.78, 5) is 0. The van der Waals surface area contributed by atoms with Crippen LogP contribution >= 0.6 is 27.5 Å². The molecule has 1 atom stereocenters. The summed E-state index contributed by atoms with van der Waals surface area (Å²) in [6.45, 7) is 5.78. The Balaban J connectivity index is 2.24. The number of rotatable bonds is 7. The van der Waals surface area contributed by atoms with Crippen molar-refractivity contribution in [2.24, 2.45) is 5.92 Å². The molecule has 0 radical (unpaired) electrons. The van der Waals surface area contributed by atoms with Gasteiger partial charge in [0.25, 0.3) is 0 Å². The van der Waals surface area contributed by atoms with Crippen molar-refractivity contribution in [3.05, 3.63) is 28.7 Å². The van der Waals surface area contributed by atoms with E-state index in [2.05, 4.69) is 35.1 Å². The number of benzene rings is 1. The number of nitrogens with one attached hydrogen (secondary N) is 1. The van der Waals surface area contributed by atoms with Crippen LogP contribution in [0.5, 0.6) is 5.75 Å². The largest absolute Gasteiger partial charge is 0.492 e. The molecule has 0 saturated carbocycles. The molecule has 0 spiro atoms. The van der Waals surface area contributed by atoms with Gasteiger partial charge in [-0.1, -0.05) is 35.8 Å². The Labute approximate surface area is 117 Å². The molecular weight excluding hydrogens is 302 g/mol. The molecule has 0 amide bonds. The lowest BCUT2D eigenvalue weighted by atomic mass is 10.1. The second-order valence-electron chi connectivity index (χ2n) is 4.26. The first-order valence-corrected chi connectivity index (χ1v) is 7.14. The van der Waals surface area contributed by atoms with Crippen LogP contribution in [-0.2, 0) is 0 Å². The van der Waals surface area contributed by atoms with Crippen LogP contribution in [0, 0.1) is 5.92 Å². The minimum atomic E-state index is 0.350. The molecule has 4 heteroatoms. The highest BCUT2D eigenvalue weighted by molar-refractivity contribution is 9.10. The third-order valence-electron chi connectivity index (χ3n) is 2.54. The lowest BCUT2D eigenvalue weighted by Gasteiger charge is -2.19. The summed E-state index contributed by atoms with van der Waals surface area (Å²) in [6.07, 6.45) is 0. The van der Waals surface area contributed by atoms with Crippen LogP contribution in [0.15, 0.2) is 28.7 Å². The summed E-state index contributed by atoms with van der Waals surface area (Å²) >= 11 is 9.28. The zero-order chi connectivity index (χ0) is 12.7. The normalized spacial score (nSPS) is 12.8. The first-order chi connectivity index (χ1) is 8.13. The molecule has 0 aliphatic heterocycles. The van der Waals surface area contributed by atoms with Crippen LogP contribution in [0.4, 0.5) is 0 Å². The van der Waals surface area contributed by atoms with Gasteiger partial charge in [-0.2, -0.15) is 0 Å². The van der Waals surface area contributed by atoms with Crippen molar-refractivity contribution in [3.8, 4) is 5.75 Å². The third-order valence-corrected chi connectivity index (χ3v) is 3.37. The quantitative estimate of drug-likeness (QED) is 0.611. The van der Waals surface area contributed by atoms with Crippen molar-refractivity contribution in [2.75, 3.05) is 19.0 Å². The molecule has 17 heavy (non-hydrogen) atoms. The topological polar surface area (TPSA) is 21.3 Å². The van der Waals surface area contributed by atoms with Gasteiger partial charge in [-0.05, 0) is 24.1 Å². The SMILES string of the molecule is CC(C)C(CCl)NCCOc1cccc(Br)c1. The fourth-order valence-corrected chi connectivity index (χ4v) is 2.28.